The molecule has 1 unspecified atom stereocenters. The van der Waals surface area contributed by atoms with Gasteiger partial charge in [0, 0.05) is 37.2 Å². The molecule has 1 aliphatic rings. The second kappa shape index (κ2) is 7.88. The van der Waals surface area contributed by atoms with Crippen molar-refractivity contribution in [2.24, 2.45) is 0 Å². The lowest BCUT2D eigenvalue weighted by Crippen LogP contribution is -2.50. The molecule has 1 aromatic rings. The Hall–Kier alpha value is -0.570. The van der Waals surface area contributed by atoms with E-state index in [1.165, 1.54) is 31.2 Å². The number of rotatable bonds is 6. The van der Waals surface area contributed by atoms with Gasteiger partial charge in [-0.3, -0.25) is 4.90 Å². The van der Waals surface area contributed by atoms with Gasteiger partial charge in [0.25, 0.3) is 0 Å². The van der Waals surface area contributed by atoms with Crippen LogP contribution in [0.15, 0.2) is 24.3 Å². The van der Waals surface area contributed by atoms with E-state index in [9.17, 15) is 0 Å². The van der Waals surface area contributed by atoms with E-state index in [0.29, 0.717) is 6.04 Å². The summed E-state index contributed by atoms with van der Waals surface area (Å²) in [5.74, 6) is 0. The first-order valence-corrected chi connectivity index (χ1v) is 7.86. The Morgan fingerprint density at radius 2 is 2.05 bits per heavy atom. The number of piperazine rings is 1. The van der Waals surface area contributed by atoms with E-state index in [1.807, 2.05) is 12.1 Å². The summed E-state index contributed by atoms with van der Waals surface area (Å²) >= 11 is 5.94. The molecule has 19 heavy (non-hydrogen) atoms. The second-order valence-electron chi connectivity index (χ2n) is 5.45. The van der Waals surface area contributed by atoms with Gasteiger partial charge in [-0.15, -0.1) is 0 Å². The summed E-state index contributed by atoms with van der Waals surface area (Å²) in [6.07, 6.45) is 5.32. The highest BCUT2D eigenvalue weighted by molar-refractivity contribution is 6.30. The normalized spacial score (nSPS) is 20.6. The number of unbranched alkanes of at least 4 members (excludes halogenated alkanes) is 2. The van der Waals surface area contributed by atoms with Crippen molar-refractivity contribution in [3.8, 4) is 0 Å². The van der Waals surface area contributed by atoms with Crippen LogP contribution in [0.5, 0.6) is 0 Å². The van der Waals surface area contributed by atoms with Crippen LogP contribution in [0.1, 0.15) is 38.2 Å². The first kappa shape index (κ1) is 14.8. The molecule has 3 heteroatoms. The molecule has 0 radical (unpaired) electrons. The maximum absolute atomic E-state index is 5.94. The van der Waals surface area contributed by atoms with Gasteiger partial charge in [0.15, 0.2) is 0 Å². The predicted octanol–water partition coefficient (Wildman–Crippen LogP) is 3.69. The Balaban J connectivity index is 1.89. The first-order chi connectivity index (χ1) is 9.29. The Morgan fingerprint density at radius 3 is 2.79 bits per heavy atom. The maximum atomic E-state index is 5.94. The molecule has 1 aromatic carbocycles. The number of nitrogens with zero attached hydrogens (tertiary/aromatic N) is 1. The largest absolute Gasteiger partial charge is 0.314 e. The molecule has 0 saturated carbocycles. The fourth-order valence-corrected chi connectivity index (χ4v) is 2.88. The zero-order valence-electron chi connectivity index (χ0n) is 11.9. The molecule has 0 aliphatic carbocycles. The fourth-order valence-electron chi connectivity index (χ4n) is 2.75. The highest BCUT2D eigenvalue weighted by Crippen LogP contribution is 2.17. The fraction of sp³-hybridized carbons (Fsp3) is 0.625. The van der Waals surface area contributed by atoms with Gasteiger partial charge in [-0.1, -0.05) is 49.9 Å². The van der Waals surface area contributed by atoms with Gasteiger partial charge in [-0.2, -0.15) is 0 Å². The smallest absolute Gasteiger partial charge is 0.0406 e. The van der Waals surface area contributed by atoms with E-state index in [4.69, 9.17) is 11.6 Å². The molecular formula is C16H25ClN2. The molecule has 1 atom stereocenters. The van der Waals surface area contributed by atoms with Gasteiger partial charge in [-0.25, -0.2) is 0 Å². The Kier molecular flexibility index (Phi) is 6.15. The molecule has 1 saturated heterocycles. The van der Waals surface area contributed by atoms with Crippen LogP contribution in [0.4, 0.5) is 0 Å². The molecule has 1 fully saturated rings. The third-order valence-electron chi connectivity index (χ3n) is 3.91. The van der Waals surface area contributed by atoms with E-state index in [1.54, 1.807) is 0 Å². The molecule has 2 nitrogen and oxygen atoms in total. The van der Waals surface area contributed by atoms with Gasteiger partial charge in [0.05, 0.1) is 0 Å². The minimum Gasteiger partial charge on any atom is -0.314 e. The summed E-state index contributed by atoms with van der Waals surface area (Å²) in [6.45, 7) is 6.72. The average molecular weight is 281 g/mol. The van der Waals surface area contributed by atoms with Crippen LogP contribution >= 0.6 is 11.6 Å². The average Bonchev–Trinajstić information content (AvgIpc) is 2.43. The number of nitrogens with one attached hydrogen (secondary N) is 1. The molecular weight excluding hydrogens is 256 g/mol. The van der Waals surface area contributed by atoms with Gasteiger partial charge in [-0.05, 0) is 24.1 Å². The van der Waals surface area contributed by atoms with Crippen molar-refractivity contribution in [2.75, 3.05) is 19.6 Å². The van der Waals surface area contributed by atoms with Crippen LogP contribution in [-0.4, -0.2) is 30.6 Å². The van der Waals surface area contributed by atoms with Crippen LogP contribution in [0.25, 0.3) is 0 Å². The van der Waals surface area contributed by atoms with Crippen LogP contribution < -0.4 is 5.32 Å². The van der Waals surface area contributed by atoms with Crippen molar-refractivity contribution in [3.05, 3.63) is 34.9 Å². The highest BCUT2D eigenvalue weighted by atomic mass is 35.5. The molecule has 2 rings (SSSR count). The Labute approximate surface area is 122 Å². The van der Waals surface area contributed by atoms with Crippen molar-refractivity contribution in [1.29, 1.82) is 0 Å². The van der Waals surface area contributed by atoms with E-state index in [0.717, 1.165) is 31.2 Å². The molecule has 0 spiro atoms. The van der Waals surface area contributed by atoms with Crippen LogP contribution in [-0.2, 0) is 6.54 Å². The van der Waals surface area contributed by atoms with Gasteiger partial charge in [0.1, 0.15) is 0 Å². The van der Waals surface area contributed by atoms with Crippen molar-refractivity contribution < 1.29 is 0 Å². The molecule has 0 bridgehead atoms. The highest BCUT2D eigenvalue weighted by Gasteiger charge is 2.21. The zero-order valence-corrected chi connectivity index (χ0v) is 12.6. The summed E-state index contributed by atoms with van der Waals surface area (Å²) in [5, 5.41) is 4.35. The van der Waals surface area contributed by atoms with Crippen molar-refractivity contribution in [1.82, 2.24) is 10.2 Å². The Bertz CT molecular complexity index is 364. The monoisotopic (exact) mass is 280 g/mol. The minimum atomic E-state index is 0.691. The SMILES string of the molecule is CCCCCC1CNCCN1Cc1ccc(Cl)cc1. The lowest BCUT2D eigenvalue weighted by Gasteiger charge is -2.36. The van der Waals surface area contributed by atoms with E-state index in [2.05, 4.69) is 29.3 Å². The number of hydrogen-bond acceptors (Lipinski definition) is 2. The van der Waals surface area contributed by atoms with Crippen molar-refractivity contribution >= 4 is 11.6 Å². The zero-order chi connectivity index (χ0) is 13.5. The van der Waals surface area contributed by atoms with Gasteiger partial charge in [0.2, 0.25) is 0 Å². The topological polar surface area (TPSA) is 15.3 Å². The molecule has 1 heterocycles. The van der Waals surface area contributed by atoms with E-state index in [-0.39, 0.29) is 0 Å². The lowest BCUT2D eigenvalue weighted by molar-refractivity contribution is 0.142. The minimum absolute atomic E-state index is 0.691. The molecule has 1 aliphatic heterocycles. The number of hydrogen-bond donors (Lipinski definition) is 1. The summed E-state index contributed by atoms with van der Waals surface area (Å²) in [6, 6.07) is 8.97. The molecule has 0 amide bonds. The Morgan fingerprint density at radius 1 is 1.26 bits per heavy atom. The first-order valence-electron chi connectivity index (χ1n) is 7.49. The second-order valence-corrected chi connectivity index (χ2v) is 5.89. The number of benzene rings is 1. The predicted molar refractivity (Wildman–Crippen MR) is 82.7 cm³/mol. The summed E-state index contributed by atoms with van der Waals surface area (Å²) in [5.41, 5.74) is 1.37. The lowest BCUT2D eigenvalue weighted by atomic mass is 10.0. The van der Waals surface area contributed by atoms with Gasteiger partial charge >= 0.3 is 0 Å². The van der Waals surface area contributed by atoms with Crippen LogP contribution in [0.3, 0.4) is 0 Å². The van der Waals surface area contributed by atoms with Gasteiger partial charge < -0.3 is 5.32 Å². The number of halogens is 1. The standard InChI is InChI=1S/C16H25ClN2/c1-2-3-4-5-16-12-18-10-11-19(16)13-14-6-8-15(17)9-7-14/h6-9,16,18H,2-5,10-13H2,1H3. The molecule has 0 aromatic heterocycles. The third kappa shape index (κ3) is 4.79. The summed E-state index contributed by atoms with van der Waals surface area (Å²) in [4.78, 5) is 2.62. The van der Waals surface area contributed by atoms with Crippen LogP contribution in [0, 0.1) is 0 Å². The summed E-state index contributed by atoms with van der Waals surface area (Å²) in [7, 11) is 0. The molecule has 1 N–H and O–H groups in total. The maximum Gasteiger partial charge on any atom is 0.0406 e. The van der Waals surface area contributed by atoms with E-state index >= 15 is 0 Å². The third-order valence-corrected chi connectivity index (χ3v) is 4.16. The quantitative estimate of drug-likeness (QED) is 0.800. The van der Waals surface area contributed by atoms with E-state index < -0.39 is 0 Å². The van der Waals surface area contributed by atoms with Crippen molar-refractivity contribution in [2.45, 2.75) is 45.2 Å². The van der Waals surface area contributed by atoms with Crippen molar-refractivity contribution in [3.63, 3.8) is 0 Å². The molecule has 106 valence electrons. The van der Waals surface area contributed by atoms with Crippen LogP contribution in [0.2, 0.25) is 5.02 Å². The summed E-state index contributed by atoms with van der Waals surface area (Å²) < 4.78 is 0.